The van der Waals surface area contributed by atoms with Crippen LogP contribution in [0.15, 0.2) is 29.2 Å². The van der Waals surface area contributed by atoms with Gasteiger partial charge in [-0.2, -0.15) is 0 Å². The first kappa shape index (κ1) is 11.5. The highest BCUT2D eigenvalue weighted by Crippen LogP contribution is 2.12. The summed E-state index contributed by atoms with van der Waals surface area (Å²) in [6.45, 7) is 2.26. The Hall–Kier alpha value is -1.00. The van der Waals surface area contributed by atoms with E-state index in [0.717, 1.165) is 24.5 Å². The number of hydrogen-bond acceptors (Lipinski definition) is 3. The molecule has 1 unspecified atom stereocenters. The quantitative estimate of drug-likeness (QED) is 0.786. The van der Waals surface area contributed by atoms with Gasteiger partial charge < -0.3 is 10.1 Å². The first-order valence-electron chi connectivity index (χ1n) is 5.40. The minimum atomic E-state index is -0.0391. The van der Waals surface area contributed by atoms with E-state index in [1.165, 1.54) is 0 Å². The molecule has 4 heteroatoms. The summed E-state index contributed by atoms with van der Waals surface area (Å²) >= 11 is 4.20. The van der Waals surface area contributed by atoms with E-state index in [2.05, 4.69) is 17.9 Å². The number of amides is 1. The maximum atomic E-state index is 11.8. The summed E-state index contributed by atoms with van der Waals surface area (Å²) in [6, 6.07) is 7.24. The fourth-order valence-corrected chi connectivity index (χ4v) is 1.96. The van der Waals surface area contributed by atoms with E-state index >= 15 is 0 Å². The second-order valence-corrected chi connectivity index (χ2v) is 4.51. The van der Waals surface area contributed by atoms with Crippen molar-refractivity contribution >= 4 is 18.5 Å². The van der Waals surface area contributed by atoms with Gasteiger partial charge in [0.1, 0.15) is 0 Å². The lowest BCUT2D eigenvalue weighted by Crippen LogP contribution is -2.29. The lowest BCUT2D eigenvalue weighted by molar-refractivity contribution is 0.0945. The van der Waals surface area contributed by atoms with Gasteiger partial charge in [0, 0.05) is 29.5 Å². The molecule has 1 aliphatic heterocycles. The van der Waals surface area contributed by atoms with Gasteiger partial charge in [0.25, 0.3) is 5.91 Å². The molecule has 0 bridgehead atoms. The monoisotopic (exact) mass is 237 g/mol. The van der Waals surface area contributed by atoms with Crippen LogP contribution in [0.2, 0.25) is 0 Å². The molecule has 86 valence electrons. The predicted octanol–water partition coefficient (Wildman–Crippen LogP) is 1.74. The van der Waals surface area contributed by atoms with Crippen LogP contribution in [0.5, 0.6) is 0 Å². The topological polar surface area (TPSA) is 38.3 Å². The molecule has 0 spiro atoms. The Morgan fingerprint density at radius 3 is 3.12 bits per heavy atom. The van der Waals surface area contributed by atoms with Crippen LogP contribution < -0.4 is 5.32 Å². The third-order valence-corrected chi connectivity index (χ3v) is 2.96. The molecule has 0 saturated carbocycles. The van der Waals surface area contributed by atoms with Crippen LogP contribution in [0, 0.1) is 5.92 Å². The zero-order valence-corrected chi connectivity index (χ0v) is 9.87. The van der Waals surface area contributed by atoms with Crippen LogP contribution in [-0.4, -0.2) is 25.7 Å². The molecule has 1 fully saturated rings. The molecule has 2 rings (SSSR count). The van der Waals surface area contributed by atoms with Crippen LogP contribution in [0.25, 0.3) is 0 Å². The molecule has 1 amide bonds. The summed E-state index contributed by atoms with van der Waals surface area (Å²) in [5.41, 5.74) is 0.659. The van der Waals surface area contributed by atoms with Crippen LogP contribution >= 0.6 is 12.6 Å². The first-order valence-corrected chi connectivity index (χ1v) is 5.85. The van der Waals surface area contributed by atoms with Crippen molar-refractivity contribution in [3.05, 3.63) is 29.8 Å². The standard InChI is InChI=1S/C12H15NO2S/c14-12(10-2-1-3-11(16)6-10)13-7-9-4-5-15-8-9/h1-3,6,9,16H,4-5,7-8H2,(H,13,14). The lowest BCUT2D eigenvalue weighted by atomic mass is 10.1. The molecular weight excluding hydrogens is 222 g/mol. The molecule has 0 aliphatic carbocycles. The maximum Gasteiger partial charge on any atom is 0.251 e. The van der Waals surface area contributed by atoms with E-state index in [1.807, 2.05) is 12.1 Å². The maximum absolute atomic E-state index is 11.8. The first-order chi connectivity index (χ1) is 7.75. The van der Waals surface area contributed by atoms with Crippen molar-refractivity contribution in [3.63, 3.8) is 0 Å². The smallest absolute Gasteiger partial charge is 0.251 e. The molecule has 1 aliphatic rings. The van der Waals surface area contributed by atoms with Crippen LogP contribution in [0.4, 0.5) is 0 Å². The number of carbonyl (C=O) groups is 1. The molecule has 1 atom stereocenters. The molecular formula is C12H15NO2S. The number of hydrogen-bond donors (Lipinski definition) is 2. The Morgan fingerprint density at radius 1 is 1.56 bits per heavy atom. The molecule has 16 heavy (non-hydrogen) atoms. The van der Waals surface area contributed by atoms with Crippen molar-refractivity contribution in [2.24, 2.45) is 5.92 Å². The van der Waals surface area contributed by atoms with Crippen LogP contribution in [-0.2, 0) is 4.74 Å². The highest BCUT2D eigenvalue weighted by molar-refractivity contribution is 7.80. The summed E-state index contributed by atoms with van der Waals surface area (Å²) in [6.07, 6.45) is 1.03. The van der Waals surface area contributed by atoms with Gasteiger partial charge in [-0.25, -0.2) is 0 Å². The average molecular weight is 237 g/mol. The fraction of sp³-hybridized carbons (Fsp3) is 0.417. The van der Waals surface area contributed by atoms with E-state index in [9.17, 15) is 4.79 Å². The minimum absolute atomic E-state index is 0.0391. The second kappa shape index (κ2) is 5.37. The largest absolute Gasteiger partial charge is 0.381 e. The van der Waals surface area contributed by atoms with Gasteiger partial charge in [-0.3, -0.25) is 4.79 Å². The molecule has 1 aromatic rings. The zero-order chi connectivity index (χ0) is 11.4. The van der Waals surface area contributed by atoms with Crippen molar-refractivity contribution in [1.29, 1.82) is 0 Å². The van der Waals surface area contributed by atoms with E-state index in [-0.39, 0.29) is 5.91 Å². The van der Waals surface area contributed by atoms with Crippen LogP contribution in [0.3, 0.4) is 0 Å². The number of benzene rings is 1. The summed E-state index contributed by atoms with van der Waals surface area (Å²) in [4.78, 5) is 12.6. The van der Waals surface area contributed by atoms with Gasteiger partial charge in [-0.05, 0) is 24.6 Å². The van der Waals surface area contributed by atoms with Crippen LogP contribution in [0.1, 0.15) is 16.8 Å². The summed E-state index contributed by atoms with van der Waals surface area (Å²) in [7, 11) is 0. The summed E-state index contributed by atoms with van der Waals surface area (Å²) < 4.78 is 5.25. The molecule has 1 saturated heterocycles. The molecule has 1 aromatic carbocycles. The lowest BCUT2D eigenvalue weighted by Gasteiger charge is -2.09. The van der Waals surface area contributed by atoms with E-state index in [1.54, 1.807) is 12.1 Å². The van der Waals surface area contributed by atoms with Crippen molar-refractivity contribution < 1.29 is 9.53 Å². The van der Waals surface area contributed by atoms with E-state index < -0.39 is 0 Å². The molecule has 3 nitrogen and oxygen atoms in total. The zero-order valence-electron chi connectivity index (χ0n) is 8.98. The van der Waals surface area contributed by atoms with E-state index in [4.69, 9.17) is 4.74 Å². The number of nitrogens with one attached hydrogen (secondary N) is 1. The number of ether oxygens (including phenoxy) is 1. The molecule has 1 heterocycles. The fourth-order valence-electron chi connectivity index (χ4n) is 1.73. The van der Waals surface area contributed by atoms with Gasteiger partial charge in [0.2, 0.25) is 0 Å². The Labute approximate surface area is 101 Å². The van der Waals surface area contributed by atoms with Crippen molar-refractivity contribution in [2.75, 3.05) is 19.8 Å². The highest BCUT2D eigenvalue weighted by atomic mass is 32.1. The number of thiol groups is 1. The van der Waals surface area contributed by atoms with Gasteiger partial charge in [0.15, 0.2) is 0 Å². The molecule has 1 N–H and O–H groups in total. The van der Waals surface area contributed by atoms with E-state index in [0.29, 0.717) is 18.0 Å². The normalized spacial score (nSPS) is 19.7. The van der Waals surface area contributed by atoms with Gasteiger partial charge >= 0.3 is 0 Å². The van der Waals surface area contributed by atoms with Crippen molar-refractivity contribution in [3.8, 4) is 0 Å². The van der Waals surface area contributed by atoms with Crippen molar-refractivity contribution in [2.45, 2.75) is 11.3 Å². The Morgan fingerprint density at radius 2 is 2.44 bits per heavy atom. The van der Waals surface area contributed by atoms with Gasteiger partial charge in [-0.1, -0.05) is 6.07 Å². The SMILES string of the molecule is O=C(NCC1CCOC1)c1cccc(S)c1. The third kappa shape index (κ3) is 3.00. The Kier molecular flexibility index (Phi) is 3.85. The summed E-state index contributed by atoms with van der Waals surface area (Å²) in [5.74, 6) is 0.422. The number of carbonyl (C=O) groups excluding carboxylic acids is 1. The molecule has 0 aromatic heterocycles. The predicted molar refractivity (Wildman–Crippen MR) is 65.0 cm³/mol. The third-order valence-electron chi connectivity index (χ3n) is 2.68. The number of rotatable bonds is 3. The van der Waals surface area contributed by atoms with Gasteiger partial charge in [0.05, 0.1) is 6.61 Å². The molecule has 0 radical (unpaired) electrons. The second-order valence-electron chi connectivity index (χ2n) is 3.99. The summed E-state index contributed by atoms with van der Waals surface area (Å²) in [5, 5.41) is 2.92. The Bertz CT molecular complexity index is 375. The van der Waals surface area contributed by atoms with Gasteiger partial charge in [-0.15, -0.1) is 12.6 Å². The minimum Gasteiger partial charge on any atom is -0.381 e. The highest BCUT2D eigenvalue weighted by Gasteiger charge is 2.16. The average Bonchev–Trinajstić information content (AvgIpc) is 2.78. The van der Waals surface area contributed by atoms with Crippen molar-refractivity contribution in [1.82, 2.24) is 5.32 Å². The Balaban J connectivity index is 1.87.